The quantitative estimate of drug-likeness (QED) is 0.284. The van der Waals surface area contributed by atoms with Crippen molar-refractivity contribution in [2.75, 3.05) is 39.5 Å². The highest BCUT2D eigenvalue weighted by Crippen LogP contribution is 2.01. The molecule has 0 fully saturated rings. The second-order valence-electron chi connectivity index (χ2n) is 6.62. The highest BCUT2D eigenvalue weighted by Gasteiger charge is 2.05. The van der Waals surface area contributed by atoms with Gasteiger partial charge in [0.05, 0.1) is 25.9 Å². The summed E-state index contributed by atoms with van der Waals surface area (Å²) < 4.78 is 11.1. The van der Waals surface area contributed by atoms with Gasteiger partial charge in [0.1, 0.15) is 0 Å². The van der Waals surface area contributed by atoms with E-state index in [0.717, 1.165) is 38.3 Å². The molecule has 0 heterocycles. The average Bonchev–Trinajstić information content (AvgIpc) is 2.63. The van der Waals surface area contributed by atoms with E-state index in [0.29, 0.717) is 25.0 Å². The first-order valence-electron chi connectivity index (χ1n) is 9.51. The van der Waals surface area contributed by atoms with E-state index in [-0.39, 0.29) is 6.61 Å². The predicted octanol–water partition coefficient (Wildman–Crippen LogP) is 2.18. The van der Waals surface area contributed by atoms with E-state index in [1.54, 1.807) is 0 Å². The van der Waals surface area contributed by atoms with Crippen LogP contribution in [-0.4, -0.2) is 56.6 Å². The molecule has 0 radical (unpaired) electrons. The Kier molecular flexibility index (Phi) is 12.5. The number of aliphatic imine (C=N–C) groups is 1. The maximum Gasteiger partial charge on any atom is 0.191 e. The number of nitrogens with zero attached hydrogens (tertiary/aromatic N) is 1. The molecule has 0 aliphatic rings. The molecule has 0 aliphatic heterocycles. The zero-order valence-electron chi connectivity index (χ0n) is 16.4. The molecule has 26 heavy (non-hydrogen) atoms. The van der Waals surface area contributed by atoms with E-state index < -0.39 is 6.10 Å². The van der Waals surface area contributed by atoms with Crippen LogP contribution in [-0.2, 0) is 16.1 Å². The number of benzene rings is 1. The zero-order valence-corrected chi connectivity index (χ0v) is 16.4. The van der Waals surface area contributed by atoms with Crippen LogP contribution < -0.4 is 10.6 Å². The number of nitrogens with one attached hydrogen (secondary N) is 2. The number of aliphatic hydroxyl groups excluding tert-OH is 1. The lowest BCUT2D eigenvalue weighted by Gasteiger charge is -2.14. The molecular formula is C20H35N3O3. The Morgan fingerprint density at radius 2 is 1.88 bits per heavy atom. The number of guanidine groups is 1. The second-order valence-corrected chi connectivity index (χ2v) is 6.62. The van der Waals surface area contributed by atoms with Gasteiger partial charge in [-0.1, -0.05) is 44.2 Å². The summed E-state index contributed by atoms with van der Waals surface area (Å²) in [5, 5.41) is 16.5. The van der Waals surface area contributed by atoms with E-state index >= 15 is 0 Å². The van der Waals surface area contributed by atoms with Crippen molar-refractivity contribution >= 4 is 5.96 Å². The molecule has 1 unspecified atom stereocenters. The van der Waals surface area contributed by atoms with E-state index in [1.807, 2.05) is 37.3 Å². The van der Waals surface area contributed by atoms with Gasteiger partial charge in [0, 0.05) is 26.3 Å². The van der Waals surface area contributed by atoms with Crippen LogP contribution in [0, 0.1) is 5.92 Å². The van der Waals surface area contributed by atoms with Crippen molar-refractivity contribution in [3.63, 3.8) is 0 Å². The number of hydrogen-bond acceptors (Lipinski definition) is 4. The van der Waals surface area contributed by atoms with Crippen molar-refractivity contribution < 1.29 is 14.6 Å². The third kappa shape index (κ3) is 11.8. The molecular weight excluding hydrogens is 330 g/mol. The van der Waals surface area contributed by atoms with Gasteiger partial charge in [-0.25, -0.2) is 0 Å². The summed E-state index contributed by atoms with van der Waals surface area (Å²) in [7, 11) is 0. The van der Waals surface area contributed by atoms with Gasteiger partial charge >= 0.3 is 0 Å². The fourth-order valence-electron chi connectivity index (χ4n) is 2.18. The second kappa shape index (κ2) is 14.5. The van der Waals surface area contributed by atoms with Crippen LogP contribution >= 0.6 is 0 Å². The third-order valence-corrected chi connectivity index (χ3v) is 3.44. The molecule has 0 bridgehead atoms. The molecule has 1 rings (SSSR count). The summed E-state index contributed by atoms with van der Waals surface area (Å²) in [5.74, 6) is 1.27. The van der Waals surface area contributed by atoms with Gasteiger partial charge in [0.15, 0.2) is 5.96 Å². The number of rotatable bonds is 13. The Balaban J connectivity index is 2.20. The van der Waals surface area contributed by atoms with Gasteiger partial charge in [0.2, 0.25) is 0 Å². The summed E-state index contributed by atoms with van der Waals surface area (Å²) in [6.45, 7) is 10.4. The molecule has 0 saturated heterocycles. The Hall–Kier alpha value is -1.63. The SMILES string of the molecule is CCNC(=NCC(O)COCc1ccccc1)NCCCOCC(C)C. The predicted molar refractivity (Wildman–Crippen MR) is 106 cm³/mol. The molecule has 0 saturated carbocycles. The minimum atomic E-state index is -0.622. The van der Waals surface area contributed by atoms with Gasteiger partial charge in [-0.2, -0.15) is 0 Å². The Bertz CT molecular complexity index is 480. The van der Waals surface area contributed by atoms with Crippen LogP contribution in [0.25, 0.3) is 0 Å². The number of ether oxygens (including phenoxy) is 2. The van der Waals surface area contributed by atoms with Crippen molar-refractivity contribution in [3.8, 4) is 0 Å². The van der Waals surface area contributed by atoms with Crippen LogP contribution in [0.2, 0.25) is 0 Å². The number of aliphatic hydroxyl groups is 1. The topological polar surface area (TPSA) is 75.1 Å². The summed E-state index contributed by atoms with van der Waals surface area (Å²) in [4.78, 5) is 4.41. The molecule has 0 aliphatic carbocycles. The molecule has 1 atom stereocenters. The molecule has 3 N–H and O–H groups in total. The first-order valence-corrected chi connectivity index (χ1v) is 9.51. The normalized spacial score (nSPS) is 13.0. The van der Waals surface area contributed by atoms with Crippen LogP contribution in [0.4, 0.5) is 0 Å². The molecule has 1 aromatic rings. The van der Waals surface area contributed by atoms with E-state index in [2.05, 4.69) is 29.5 Å². The fourth-order valence-corrected chi connectivity index (χ4v) is 2.18. The molecule has 148 valence electrons. The summed E-state index contributed by atoms with van der Waals surface area (Å²) in [5.41, 5.74) is 1.10. The molecule has 6 nitrogen and oxygen atoms in total. The van der Waals surface area contributed by atoms with Crippen molar-refractivity contribution in [2.24, 2.45) is 10.9 Å². The smallest absolute Gasteiger partial charge is 0.191 e. The van der Waals surface area contributed by atoms with Gasteiger partial charge in [-0.05, 0) is 24.8 Å². The highest BCUT2D eigenvalue weighted by atomic mass is 16.5. The van der Waals surface area contributed by atoms with Crippen molar-refractivity contribution in [3.05, 3.63) is 35.9 Å². The monoisotopic (exact) mass is 365 g/mol. The number of hydrogen-bond donors (Lipinski definition) is 3. The largest absolute Gasteiger partial charge is 0.389 e. The maximum absolute atomic E-state index is 10.0. The van der Waals surface area contributed by atoms with E-state index in [4.69, 9.17) is 9.47 Å². The molecule has 0 aromatic heterocycles. The van der Waals surface area contributed by atoms with Gasteiger partial charge < -0.3 is 25.2 Å². The molecule has 0 spiro atoms. The molecule has 1 aromatic carbocycles. The lowest BCUT2D eigenvalue weighted by atomic mass is 10.2. The van der Waals surface area contributed by atoms with E-state index in [9.17, 15) is 5.11 Å². The molecule has 0 amide bonds. The van der Waals surface area contributed by atoms with Gasteiger partial charge in [-0.15, -0.1) is 0 Å². The van der Waals surface area contributed by atoms with E-state index in [1.165, 1.54) is 0 Å². The first-order chi connectivity index (χ1) is 12.6. The minimum absolute atomic E-state index is 0.265. The third-order valence-electron chi connectivity index (χ3n) is 3.44. The van der Waals surface area contributed by atoms with Crippen molar-refractivity contribution in [1.82, 2.24) is 10.6 Å². The maximum atomic E-state index is 10.0. The van der Waals surface area contributed by atoms with Crippen LogP contribution in [0.5, 0.6) is 0 Å². The Morgan fingerprint density at radius 3 is 2.58 bits per heavy atom. The van der Waals surface area contributed by atoms with Crippen LogP contribution in [0.1, 0.15) is 32.8 Å². The lowest BCUT2D eigenvalue weighted by molar-refractivity contribution is 0.0331. The minimum Gasteiger partial charge on any atom is -0.389 e. The zero-order chi connectivity index (χ0) is 19.0. The Labute approximate surface area is 158 Å². The van der Waals surface area contributed by atoms with Gasteiger partial charge in [0.25, 0.3) is 0 Å². The van der Waals surface area contributed by atoms with Crippen LogP contribution in [0.15, 0.2) is 35.3 Å². The van der Waals surface area contributed by atoms with Crippen LogP contribution in [0.3, 0.4) is 0 Å². The van der Waals surface area contributed by atoms with Crippen molar-refractivity contribution in [2.45, 2.75) is 39.9 Å². The summed E-state index contributed by atoms with van der Waals surface area (Å²) in [6, 6.07) is 9.92. The van der Waals surface area contributed by atoms with Crippen molar-refractivity contribution in [1.29, 1.82) is 0 Å². The summed E-state index contributed by atoms with van der Waals surface area (Å²) in [6.07, 6.45) is 0.295. The van der Waals surface area contributed by atoms with Gasteiger partial charge in [-0.3, -0.25) is 4.99 Å². The highest BCUT2D eigenvalue weighted by molar-refractivity contribution is 5.79. The fraction of sp³-hybridized carbons (Fsp3) is 0.650. The standard InChI is InChI=1S/C20H35N3O3/c1-4-21-20(22-11-8-12-25-14-17(2)3)23-13-19(24)16-26-15-18-9-6-5-7-10-18/h5-7,9-10,17,19,24H,4,8,11-16H2,1-3H3,(H2,21,22,23). The first kappa shape index (κ1) is 22.4. The molecule has 6 heteroatoms. The summed E-state index contributed by atoms with van der Waals surface area (Å²) >= 11 is 0. The lowest BCUT2D eigenvalue weighted by Crippen LogP contribution is -2.39. The Morgan fingerprint density at radius 1 is 1.12 bits per heavy atom. The average molecular weight is 366 g/mol.